The minimum Gasteiger partial charge on any atom is -0.320 e. The Bertz CT molecular complexity index is 629. The fourth-order valence-corrected chi connectivity index (χ4v) is 1.97. The number of nitrogens with two attached hydrogens (primary N) is 1. The molecule has 0 saturated carbocycles. The first-order valence-electron chi connectivity index (χ1n) is 5.74. The van der Waals surface area contributed by atoms with Crippen LogP contribution in [0.5, 0.6) is 0 Å². The zero-order valence-electron chi connectivity index (χ0n) is 10.3. The Balaban J connectivity index is 2.43. The summed E-state index contributed by atoms with van der Waals surface area (Å²) in [7, 11) is 0. The fraction of sp³-hybridized carbons (Fsp3) is 0.143. The highest BCUT2D eigenvalue weighted by Gasteiger charge is 2.14. The van der Waals surface area contributed by atoms with Crippen molar-refractivity contribution in [2.24, 2.45) is 5.73 Å². The number of nitro groups is 1. The Kier molecular flexibility index (Phi) is 3.57. The largest absolute Gasteiger partial charge is 0.320 e. The molecule has 2 aromatic carbocycles. The smallest absolute Gasteiger partial charge is 0.270 e. The monoisotopic (exact) mass is 260 g/mol. The van der Waals surface area contributed by atoms with E-state index in [1.54, 1.807) is 25.1 Å². The molecule has 0 heterocycles. The number of benzene rings is 2. The quantitative estimate of drug-likeness (QED) is 0.681. The lowest BCUT2D eigenvalue weighted by Crippen LogP contribution is -2.12. The van der Waals surface area contributed by atoms with Gasteiger partial charge in [-0.15, -0.1) is 0 Å². The normalized spacial score (nSPS) is 12.2. The molecule has 98 valence electrons. The Morgan fingerprint density at radius 2 is 1.95 bits per heavy atom. The number of hydrogen-bond donors (Lipinski definition) is 1. The van der Waals surface area contributed by atoms with E-state index in [1.807, 2.05) is 0 Å². The van der Waals surface area contributed by atoms with Crippen LogP contribution in [0.1, 0.15) is 22.7 Å². The summed E-state index contributed by atoms with van der Waals surface area (Å²) in [6, 6.07) is 9.99. The van der Waals surface area contributed by atoms with Crippen LogP contribution in [0.2, 0.25) is 0 Å². The van der Waals surface area contributed by atoms with Crippen LogP contribution in [0.3, 0.4) is 0 Å². The lowest BCUT2D eigenvalue weighted by atomic mass is 9.97. The SMILES string of the molecule is Cc1cc(C(N)c2cccc(F)c2)cc([N+](=O)[O-])c1. The summed E-state index contributed by atoms with van der Waals surface area (Å²) < 4.78 is 13.2. The Hall–Kier alpha value is -2.27. The molecule has 1 unspecified atom stereocenters. The van der Waals surface area contributed by atoms with Crippen molar-refractivity contribution in [2.75, 3.05) is 0 Å². The maximum Gasteiger partial charge on any atom is 0.270 e. The first-order valence-corrected chi connectivity index (χ1v) is 5.74. The second-order valence-electron chi connectivity index (χ2n) is 4.39. The highest BCUT2D eigenvalue weighted by molar-refractivity contribution is 5.43. The number of halogens is 1. The molecule has 0 fully saturated rings. The number of non-ortho nitro benzene ring substituents is 1. The maximum absolute atomic E-state index is 13.2. The van der Waals surface area contributed by atoms with E-state index < -0.39 is 11.0 Å². The molecule has 0 bridgehead atoms. The van der Waals surface area contributed by atoms with Crippen LogP contribution in [-0.4, -0.2) is 4.92 Å². The van der Waals surface area contributed by atoms with Gasteiger partial charge in [0.1, 0.15) is 5.82 Å². The highest BCUT2D eigenvalue weighted by atomic mass is 19.1. The molecule has 0 aromatic heterocycles. The Labute approximate surface area is 109 Å². The van der Waals surface area contributed by atoms with Gasteiger partial charge in [-0.2, -0.15) is 0 Å². The van der Waals surface area contributed by atoms with E-state index >= 15 is 0 Å². The second kappa shape index (κ2) is 5.16. The maximum atomic E-state index is 13.2. The molecule has 0 spiro atoms. The minimum absolute atomic E-state index is 0.0122. The summed E-state index contributed by atoms with van der Waals surface area (Å²) in [6.07, 6.45) is 0. The van der Waals surface area contributed by atoms with Gasteiger partial charge in [-0.3, -0.25) is 10.1 Å². The molecule has 19 heavy (non-hydrogen) atoms. The molecule has 0 saturated heterocycles. The summed E-state index contributed by atoms with van der Waals surface area (Å²) in [5.41, 5.74) is 7.95. The molecule has 2 aromatic rings. The summed E-state index contributed by atoms with van der Waals surface area (Å²) in [6.45, 7) is 1.76. The number of hydrogen-bond acceptors (Lipinski definition) is 3. The van der Waals surface area contributed by atoms with Crippen LogP contribution in [0.4, 0.5) is 10.1 Å². The van der Waals surface area contributed by atoms with Crippen LogP contribution in [-0.2, 0) is 0 Å². The van der Waals surface area contributed by atoms with Crippen molar-refractivity contribution >= 4 is 5.69 Å². The van der Waals surface area contributed by atoms with Crippen LogP contribution in [0.25, 0.3) is 0 Å². The molecule has 0 amide bonds. The van der Waals surface area contributed by atoms with Crippen molar-refractivity contribution in [1.29, 1.82) is 0 Å². The zero-order chi connectivity index (χ0) is 14.0. The van der Waals surface area contributed by atoms with Gasteiger partial charge in [-0.1, -0.05) is 18.2 Å². The molecular weight excluding hydrogens is 247 g/mol. The molecule has 2 N–H and O–H groups in total. The summed E-state index contributed by atoms with van der Waals surface area (Å²) in [4.78, 5) is 10.4. The van der Waals surface area contributed by atoms with E-state index in [4.69, 9.17) is 5.73 Å². The summed E-state index contributed by atoms with van der Waals surface area (Å²) in [5.74, 6) is -0.380. The van der Waals surface area contributed by atoms with E-state index in [1.165, 1.54) is 24.3 Å². The van der Waals surface area contributed by atoms with Crippen LogP contribution in [0, 0.1) is 22.9 Å². The van der Waals surface area contributed by atoms with E-state index in [9.17, 15) is 14.5 Å². The average Bonchev–Trinajstić information content (AvgIpc) is 2.37. The third kappa shape index (κ3) is 2.95. The lowest BCUT2D eigenvalue weighted by Gasteiger charge is -2.13. The zero-order valence-corrected chi connectivity index (χ0v) is 10.3. The van der Waals surface area contributed by atoms with Gasteiger partial charge in [0.25, 0.3) is 5.69 Å². The number of nitrogens with zero attached hydrogens (tertiary/aromatic N) is 1. The number of aryl methyl sites for hydroxylation is 1. The molecule has 2 rings (SSSR count). The van der Waals surface area contributed by atoms with Crippen molar-refractivity contribution in [2.45, 2.75) is 13.0 Å². The van der Waals surface area contributed by atoms with Crippen molar-refractivity contribution in [1.82, 2.24) is 0 Å². The van der Waals surface area contributed by atoms with Gasteiger partial charge < -0.3 is 5.73 Å². The van der Waals surface area contributed by atoms with Gasteiger partial charge in [0, 0.05) is 12.1 Å². The first kappa shape index (κ1) is 13.2. The van der Waals surface area contributed by atoms with Crippen molar-refractivity contribution in [3.8, 4) is 0 Å². The Morgan fingerprint density at radius 1 is 1.21 bits per heavy atom. The third-order valence-corrected chi connectivity index (χ3v) is 2.86. The summed E-state index contributed by atoms with van der Waals surface area (Å²) in [5, 5.41) is 10.8. The van der Waals surface area contributed by atoms with Gasteiger partial charge in [0.2, 0.25) is 0 Å². The summed E-state index contributed by atoms with van der Waals surface area (Å²) >= 11 is 0. The van der Waals surface area contributed by atoms with Crippen LogP contribution >= 0.6 is 0 Å². The third-order valence-electron chi connectivity index (χ3n) is 2.86. The van der Waals surface area contributed by atoms with E-state index in [2.05, 4.69) is 0 Å². The van der Waals surface area contributed by atoms with Gasteiger partial charge in [-0.25, -0.2) is 4.39 Å². The van der Waals surface area contributed by atoms with Gasteiger partial charge in [0.15, 0.2) is 0 Å². The van der Waals surface area contributed by atoms with E-state index in [0.717, 1.165) is 5.56 Å². The van der Waals surface area contributed by atoms with Crippen LogP contribution < -0.4 is 5.73 Å². The van der Waals surface area contributed by atoms with Gasteiger partial charge in [-0.05, 0) is 35.7 Å². The fourth-order valence-electron chi connectivity index (χ4n) is 1.97. The van der Waals surface area contributed by atoms with E-state index in [-0.39, 0.29) is 11.5 Å². The van der Waals surface area contributed by atoms with Crippen LogP contribution in [0.15, 0.2) is 42.5 Å². The highest BCUT2D eigenvalue weighted by Crippen LogP contribution is 2.25. The average molecular weight is 260 g/mol. The minimum atomic E-state index is -0.589. The standard InChI is InChI=1S/C14H13FN2O2/c1-9-5-11(8-13(6-9)17(18)19)14(16)10-3-2-4-12(15)7-10/h2-8,14H,16H2,1H3. The van der Waals surface area contributed by atoms with Crippen molar-refractivity contribution in [3.05, 3.63) is 75.1 Å². The predicted octanol–water partition coefficient (Wildman–Crippen LogP) is 3.09. The number of nitro benzene ring substituents is 1. The molecule has 1 atom stereocenters. The molecular formula is C14H13FN2O2. The molecule has 0 aliphatic carbocycles. The number of rotatable bonds is 3. The first-order chi connectivity index (χ1) is 8.97. The molecule has 0 aliphatic heterocycles. The predicted molar refractivity (Wildman–Crippen MR) is 70.3 cm³/mol. The van der Waals surface area contributed by atoms with Crippen molar-refractivity contribution < 1.29 is 9.31 Å². The van der Waals surface area contributed by atoms with Crippen molar-refractivity contribution in [3.63, 3.8) is 0 Å². The van der Waals surface area contributed by atoms with Gasteiger partial charge >= 0.3 is 0 Å². The molecule has 0 aliphatic rings. The van der Waals surface area contributed by atoms with Gasteiger partial charge in [0.05, 0.1) is 11.0 Å². The Morgan fingerprint density at radius 3 is 2.58 bits per heavy atom. The lowest BCUT2D eigenvalue weighted by molar-refractivity contribution is -0.385. The molecule has 0 radical (unpaired) electrons. The topological polar surface area (TPSA) is 69.2 Å². The second-order valence-corrected chi connectivity index (χ2v) is 4.39. The molecule has 5 heteroatoms. The van der Waals surface area contributed by atoms with E-state index in [0.29, 0.717) is 11.1 Å². The molecule has 4 nitrogen and oxygen atoms in total.